The maximum atomic E-state index is 14.2. The maximum Gasteiger partial charge on any atom is 0.310 e. The van der Waals surface area contributed by atoms with Crippen LogP contribution in [0.15, 0.2) is 18.7 Å². The number of carbonyl (C=O) groups is 6. The second kappa shape index (κ2) is 9.87. The first-order valence-corrected chi connectivity index (χ1v) is 13.6. The average Bonchev–Trinajstić information content (AvgIpc) is 2.82. The third kappa shape index (κ3) is 4.17. The minimum atomic E-state index is -2.71. The summed E-state index contributed by atoms with van der Waals surface area (Å²) in [6.45, 7) is 11.8. The van der Waals surface area contributed by atoms with Crippen molar-refractivity contribution in [2.45, 2.75) is 78.2 Å². The highest BCUT2D eigenvalue weighted by Crippen LogP contribution is 2.61. The van der Waals surface area contributed by atoms with Gasteiger partial charge in [0, 0.05) is 17.4 Å². The SMILES string of the molecule is C=CCCOC(=O)Cc1cc(C(C)C)c2c(c1O)C(=O)C1C(=O)C3(O)C(=O)C(C(C)=O)C(=O)CC3(C)CC1(C)C2. The van der Waals surface area contributed by atoms with E-state index in [1.54, 1.807) is 19.1 Å². The van der Waals surface area contributed by atoms with Gasteiger partial charge in [0.2, 0.25) is 0 Å². The fourth-order valence-electron chi connectivity index (χ4n) is 7.31. The van der Waals surface area contributed by atoms with Crippen molar-refractivity contribution in [2.24, 2.45) is 22.7 Å². The number of aliphatic hydroxyl groups is 1. The van der Waals surface area contributed by atoms with Crippen molar-refractivity contribution in [3.05, 3.63) is 41.0 Å². The molecule has 2 saturated carbocycles. The second-order valence-corrected chi connectivity index (χ2v) is 12.4. The lowest BCUT2D eigenvalue weighted by Gasteiger charge is -2.58. The summed E-state index contributed by atoms with van der Waals surface area (Å²) in [7, 11) is 0. The van der Waals surface area contributed by atoms with Crippen LogP contribution in [-0.4, -0.2) is 57.3 Å². The third-order valence-corrected chi connectivity index (χ3v) is 9.05. The van der Waals surface area contributed by atoms with Gasteiger partial charge in [0.15, 0.2) is 28.7 Å². The Bertz CT molecular complexity index is 1370. The molecule has 9 nitrogen and oxygen atoms in total. The number of phenols is 1. The van der Waals surface area contributed by atoms with Crippen molar-refractivity contribution in [3.63, 3.8) is 0 Å². The first-order valence-electron chi connectivity index (χ1n) is 13.6. The zero-order chi connectivity index (χ0) is 29.9. The number of Topliss-reactive ketones (excluding diaryl/α,β-unsaturated/α-hetero) is 5. The van der Waals surface area contributed by atoms with E-state index in [4.69, 9.17) is 4.74 Å². The van der Waals surface area contributed by atoms with Gasteiger partial charge < -0.3 is 14.9 Å². The van der Waals surface area contributed by atoms with Crippen molar-refractivity contribution in [3.8, 4) is 5.75 Å². The van der Waals surface area contributed by atoms with E-state index in [0.717, 1.165) is 12.5 Å². The topological polar surface area (TPSA) is 152 Å². The van der Waals surface area contributed by atoms with Crippen LogP contribution in [0.4, 0.5) is 0 Å². The number of esters is 1. The number of aromatic hydroxyl groups is 1. The molecule has 5 unspecified atom stereocenters. The molecule has 1 aromatic rings. The number of ether oxygens (including phenoxy) is 1. The molecule has 0 aromatic heterocycles. The minimum absolute atomic E-state index is 0.00410. The monoisotopic (exact) mass is 552 g/mol. The molecule has 3 aliphatic carbocycles. The molecule has 4 rings (SSSR count). The first-order chi connectivity index (χ1) is 18.5. The molecular weight excluding hydrogens is 516 g/mol. The van der Waals surface area contributed by atoms with Crippen molar-refractivity contribution in [2.75, 3.05) is 6.61 Å². The van der Waals surface area contributed by atoms with Crippen LogP contribution in [0.5, 0.6) is 5.75 Å². The van der Waals surface area contributed by atoms with Crippen LogP contribution >= 0.6 is 0 Å². The first kappa shape index (κ1) is 29.5. The maximum absolute atomic E-state index is 14.2. The molecule has 1 aromatic carbocycles. The Labute approximate surface area is 233 Å². The molecule has 9 heteroatoms. The smallest absolute Gasteiger partial charge is 0.310 e. The summed E-state index contributed by atoms with van der Waals surface area (Å²) >= 11 is 0. The van der Waals surface area contributed by atoms with Gasteiger partial charge in [-0.2, -0.15) is 0 Å². The highest BCUT2D eigenvalue weighted by atomic mass is 16.5. The number of ketones is 5. The lowest BCUT2D eigenvalue weighted by molar-refractivity contribution is -0.193. The van der Waals surface area contributed by atoms with Crippen LogP contribution < -0.4 is 0 Å². The van der Waals surface area contributed by atoms with Crippen molar-refractivity contribution in [1.82, 2.24) is 0 Å². The van der Waals surface area contributed by atoms with Crippen molar-refractivity contribution >= 4 is 34.9 Å². The van der Waals surface area contributed by atoms with Crippen molar-refractivity contribution in [1.29, 1.82) is 0 Å². The van der Waals surface area contributed by atoms with Crippen LogP contribution in [0.2, 0.25) is 0 Å². The number of hydrogen-bond acceptors (Lipinski definition) is 9. The van der Waals surface area contributed by atoms with Gasteiger partial charge in [-0.1, -0.05) is 39.8 Å². The largest absolute Gasteiger partial charge is 0.507 e. The molecule has 214 valence electrons. The number of phenolic OH excluding ortho intramolecular Hbond substituents is 1. The highest BCUT2D eigenvalue weighted by Gasteiger charge is 2.73. The van der Waals surface area contributed by atoms with Crippen LogP contribution in [0, 0.1) is 22.7 Å². The Kier molecular flexibility index (Phi) is 7.28. The molecule has 0 radical (unpaired) electrons. The second-order valence-electron chi connectivity index (χ2n) is 12.4. The molecule has 2 fully saturated rings. The van der Waals surface area contributed by atoms with Crippen LogP contribution in [0.25, 0.3) is 0 Å². The molecule has 2 N–H and O–H groups in total. The van der Waals surface area contributed by atoms with Crippen molar-refractivity contribution < 1.29 is 43.7 Å². The number of carbonyl (C=O) groups excluding carboxylic acids is 6. The number of hydrogen-bond donors (Lipinski definition) is 2. The van der Waals surface area contributed by atoms with E-state index in [2.05, 4.69) is 6.58 Å². The van der Waals surface area contributed by atoms with Crippen LogP contribution in [0.1, 0.15) is 86.8 Å². The lowest BCUT2D eigenvalue weighted by atomic mass is 9.43. The predicted octanol–water partition coefficient (Wildman–Crippen LogP) is 3.00. The van der Waals surface area contributed by atoms with E-state index in [1.807, 2.05) is 13.8 Å². The fourth-order valence-corrected chi connectivity index (χ4v) is 7.31. The Morgan fingerprint density at radius 3 is 2.38 bits per heavy atom. The molecule has 0 saturated heterocycles. The Morgan fingerprint density at radius 2 is 1.80 bits per heavy atom. The molecule has 5 atom stereocenters. The zero-order valence-corrected chi connectivity index (χ0v) is 23.6. The summed E-state index contributed by atoms with van der Waals surface area (Å²) in [5.74, 6) is -8.83. The fraction of sp³-hybridized carbons (Fsp3) is 0.548. The van der Waals surface area contributed by atoms with Crippen LogP contribution in [0.3, 0.4) is 0 Å². The van der Waals surface area contributed by atoms with E-state index in [0.29, 0.717) is 12.0 Å². The van der Waals surface area contributed by atoms with Gasteiger partial charge in [-0.3, -0.25) is 28.8 Å². The van der Waals surface area contributed by atoms with Gasteiger partial charge in [0.25, 0.3) is 0 Å². The van der Waals surface area contributed by atoms with E-state index < -0.39 is 68.9 Å². The molecular formula is C31H36O9. The molecule has 3 aliphatic rings. The lowest BCUT2D eigenvalue weighted by Crippen LogP contribution is -2.73. The number of benzene rings is 1. The molecule has 0 bridgehead atoms. The van der Waals surface area contributed by atoms with Gasteiger partial charge in [-0.05, 0) is 48.6 Å². The van der Waals surface area contributed by atoms with Gasteiger partial charge in [0.1, 0.15) is 17.5 Å². The Balaban J connectivity index is 1.85. The van der Waals surface area contributed by atoms with Crippen LogP contribution in [-0.2, 0) is 41.6 Å². The van der Waals surface area contributed by atoms with E-state index in [-0.39, 0.29) is 49.3 Å². The molecule has 0 aliphatic heterocycles. The van der Waals surface area contributed by atoms with Gasteiger partial charge in [-0.25, -0.2) is 0 Å². The summed E-state index contributed by atoms with van der Waals surface area (Å²) in [5.41, 5.74) is -3.97. The van der Waals surface area contributed by atoms with E-state index in [9.17, 15) is 39.0 Å². The summed E-state index contributed by atoms with van der Waals surface area (Å²) in [5, 5.41) is 23.0. The summed E-state index contributed by atoms with van der Waals surface area (Å²) in [4.78, 5) is 79.2. The third-order valence-electron chi connectivity index (χ3n) is 9.05. The Hall–Kier alpha value is -3.46. The number of rotatable bonds is 7. The average molecular weight is 553 g/mol. The summed E-state index contributed by atoms with van der Waals surface area (Å²) in [6, 6.07) is 1.68. The quantitative estimate of drug-likeness (QED) is 0.225. The summed E-state index contributed by atoms with van der Waals surface area (Å²) in [6.07, 6.45) is 1.56. The molecule has 40 heavy (non-hydrogen) atoms. The summed E-state index contributed by atoms with van der Waals surface area (Å²) < 4.78 is 5.18. The van der Waals surface area contributed by atoms with Gasteiger partial charge in [-0.15, -0.1) is 6.58 Å². The minimum Gasteiger partial charge on any atom is -0.507 e. The van der Waals surface area contributed by atoms with Gasteiger partial charge >= 0.3 is 5.97 Å². The van der Waals surface area contributed by atoms with E-state index in [1.165, 1.54) is 6.92 Å². The van der Waals surface area contributed by atoms with E-state index >= 15 is 0 Å². The number of fused-ring (bicyclic) bond motifs is 3. The molecule has 0 amide bonds. The predicted molar refractivity (Wildman–Crippen MR) is 143 cm³/mol. The van der Waals surface area contributed by atoms with Gasteiger partial charge in [0.05, 0.1) is 24.5 Å². The highest BCUT2D eigenvalue weighted by molar-refractivity contribution is 6.32. The zero-order valence-electron chi connectivity index (χ0n) is 23.6. The normalized spacial score (nSPS) is 31.4. The Morgan fingerprint density at radius 1 is 1.15 bits per heavy atom. The molecule has 0 spiro atoms. The molecule has 0 heterocycles. The standard InChI is InChI=1S/C31H36O9/c1-7-8-9-40-21(34)11-17-10-18(15(2)3)19-12-29(5)14-30(6)13-20(33)22(16(4)32)27(37)31(30,39)28(38)24(29)26(36)23(19)25(17)35/h7,10,15,22,24,35,39H,1,8-9,11-14H2,2-6H3.